The summed E-state index contributed by atoms with van der Waals surface area (Å²) < 4.78 is 1.08. The minimum absolute atomic E-state index is 0.496. The number of aliphatic hydroxyl groups is 1. The van der Waals surface area contributed by atoms with Crippen LogP contribution in [0.1, 0.15) is 16.5 Å². The van der Waals surface area contributed by atoms with Gasteiger partial charge in [0.2, 0.25) is 0 Å². The summed E-state index contributed by atoms with van der Waals surface area (Å²) in [5, 5.41) is 10.7. The molecular weight excluding hydrogens is 308 g/mol. The Morgan fingerprint density at radius 2 is 2.12 bits per heavy atom. The van der Waals surface area contributed by atoms with E-state index in [0.717, 1.165) is 14.2 Å². The van der Waals surface area contributed by atoms with Crippen molar-refractivity contribution in [1.29, 1.82) is 0 Å². The zero-order valence-electron chi connectivity index (χ0n) is 8.36. The van der Waals surface area contributed by atoms with E-state index in [1.54, 1.807) is 23.5 Å². The van der Waals surface area contributed by atoms with Crippen molar-refractivity contribution in [1.82, 2.24) is 0 Å². The molecule has 1 unspecified atom stereocenters. The number of rotatable bonds is 3. The number of hydrogen-bond acceptors (Lipinski definition) is 2. The second kappa shape index (κ2) is 5.32. The quantitative estimate of drug-likeness (QED) is 0.887. The zero-order chi connectivity index (χ0) is 11.5. The lowest BCUT2D eigenvalue weighted by molar-refractivity contribution is 0.179. The maximum absolute atomic E-state index is 10.0. The molecule has 16 heavy (non-hydrogen) atoms. The highest BCUT2D eigenvalue weighted by atomic mass is 79.9. The van der Waals surface area contributed by atoms with Crippen LogP contribution in [0.3, 0.4) is 0 Å². The van der Waals surface area contributed by atoms with Gasteiger partial charge in [0.1, 0.15) is 0 Å². The van der Waals surface area contributed by atoms with Crippen LogP contribution < -0.4 is 0 Å². The van der Waals surface area contributed by atoms with E-state index in [1.807, 2.05) is 24.3 Å². The first-order valence-electron chi connectivity index (χ1n) is 4.83. The molecule has 1 heterocycles. The molecule has 0 saturated heterocycles. The predicted molar refractivity (Wildman–Crippen MR) is 72.1 cm³/mol. The van der Waals surface area contributed by atoms with Gasteiger partial charge in [-0.1, -0.05) is 23.7 Å². The van der Waals surface area contributed by atoms with E-state index in [2.05, 4.69) is 15.9 Å². The van der Waals surface area contributed by atoms with Crippen molar-refractivity contribution in [3.8, 4) is 0 Å². The van der Waals surface area contributed by atoms with Gasteiger partial charge in [-0.3, -0.25) is 0 Å². The Bertz CT molecular complexity index is 483. The average molecular weight is 318 g/mol. The summed E-state index contributed by atoms with van der Waals surface area (Å²) in [4.78, 5) is 1.15. The highest BCUT2D eigenvalue weighted by Gasteiger charge is 2.10. The Kier molecular flexibility index (Phi) is 4.03. The SMILES string of the molecule is OC(Cc1ccc(Br)s1)c1cccc(Cl)c1. The summed E-state index contributed by atoms with van der Waals surface area (Å²) in [5.74, 6) is 0. The van der Waals surface area contributed by atoms with Crippen LogP contribution in [0.15, 0.2) is 40.2 Å². The van der Waals surface area contributed by atoms with Crippen molar-refractivity contribution < 1.29 is 5.11 Å². The molecule has 0 bridgehead atoms. The largest absolute Gasteiger partial charge is 0.388 e. The maximum Gasteiger partial charge on any atom is 0.0838 e. The molecule has 4 heteroatoms. The molecule has 1 atom stereocenters. The smallest absolute Gasteiger partial charge is 0.0838 e. The number of halogens is 2. The summed E-state index contributed by atoms with van der Waals surface area (Å²) in [6, 6.07) is 11.4. The fraction of sp³-hybridized carbons (Fsp3) is 0.167. The number of hydrogen-bond donors (Lipinski definition) is 1. The lowest BCUT2D eigenvalue weighted by Gasteiger charge is -2.09. The normalized spacial score (nSPS) is 12.7. The van der Waals surface area contributed by atoms with Gasteiger partial charge in [0.15, 0.2) is 0 Å². The molecular formula is C12H10BrClOS. The van der Waals surface area contributed by atoms with Crippen molar-refractivity contribution in [2.24, 2.45) is 0 Å². The fourth-order valence-corrected chi connectivity index (χ4v) is 3.20. The van der Waals surface area contributed by atoms with E-state index in [9.17, 15) is 5.11 Å². The predicted octanol–water partition coefficient (Wildman–Crippen LogP) is 4.44. The van der Waals surface area contributed by atoms with Gasteiger partial charge in [0, 0.05) is 16.3 Å². The van der Waals surface area contributed by atoms with Gasteiger partial charge >= 0.3 is 0 Å². The first-order chi connectivity index (χ1) is 7.65. The third kappa shape index (κ3) is 3.08. The first-order valence-corrected chi connectivity index (χ1v) is 6.81. The molecule has 0 spiro atoms. The van der Waals surface area contributed by atoms with E-state index in [0.29, 0.717) is 11.4 Å². The number of benzene rings is 1. The van der Waals surface area contributed by atoms with Gasteiger partial charge in [-0.25, -0.2) is 0 Å². The molecule has 1 nitrogen and oxygen atoms in total. The minimum atomic E-state index is -0.496. The van der Waals surface area contributed by atoms with Crippen LogP contribution in [0.5, 0.6) is 0 Å². The van der Waals surface area contributed by atoms with Crippen molar-refractivity contribution >= 4 is 38.9 Å². The van der Waals surface area contributed by atoms with E-state index < -0.39 is 6.10 Å². The fourth-order valence-electron chi connectivity index (χ4n) is 1.48. The second-order valence-electron chi connectivity index (χ2n) is 3.48. The molecule has 2 aromatic rings. The molecule has 0 aliphatic heterocycles. The van der Waals surface area contributed by atoms with Gasteiger partial charge in [-0.05, 0) is 45.8 Å². The van der Waals surface area contributed by atoms with E-state index >= 15 is 0 Å². The van der Waals surface area contributed by atoms with Crippen molar-refractivity contribution in [3.63, 3.8) is 0 Å². The lowest BCUT2D eigenvalue weighted by atomic mass is 10.1. The first kappa shape index (κ1) is 12.1. The third-order valence-electron chi connectivity index (χ3n) is 2.26. The van der Waals surface area contributed by atoms with Crippen LogP contribution in [0.4, 0.5) is 0 Å². The monoisotopic (exact) mass is 316 g/mol. The Morgan fingerprint density at radius 3 is 2.75 bits per heavy atom. The van der Waals surface area contributed by atoms with Gasteiger partial charge in [0.05, 0.1) is 9.89 Å². The van der Waals surface area contributed by atoms with E-state index in [-0.39, 0.29) is 0 Å². The van der Waals surface area contributed by atoms with Crippen LogP contribution >= 0.6 is 38.9 Å². The highest BCUT2D eigenvalue weighted by molar-refractivity contribution is 9.11. The van der Waals surface area contributed by atoms with E-state index in [4.69, 9.17) is 11.6 Å². The number of thiophene rings is 1. The molecule has 0 radical (unpaired) electrons. The van der Waals surface area contributed by atoms with Crippen molar-refractivity contribution in [3.05, 3.63) is 55.6 Å². The average Bonchev–Trinajstić information content (AvgIpc) is 2.64. The second-order valence-corrected chi connectivity index (χ2v) is 6.46. The Morgan fingerprint density at radius 1 is 1.31 bits per heavy atom. The maximum atomic E-state index is 10.0. The van der Waals surface area contributed by atoms with Crippen LogP contribution in [0.25, 0.3) is 0 Å². The third-order valence-corrected chi connectivity index (χ3v) is 4.14. The van der Waals surface area contributed by atoms with Crippen LogP contribution in [0.2, 0.25) is 5.02 Å². The Hall–Kier alpha value is -0.350. The molecule has 0 aliphatic rings. The molecule has 0 amide bonds. The van der Waals surface area contributed by atoms with Crippen LogP contribution in [-0.2, 0) is 6.42 Å². The van der Waals surface area contributed by atoms with Crippen LogP contribution in [-0.4, -0.2) is 5.11 Å². The molecule has 0 saturated carbocycles. The van der Waals surface area contributed by atoms with Gasteiger partial charge in [-0.2, -0.15) is 0 Å². The summed E-state index contributed by atoms with van der Waals surface area (Å²) in [6.45, 7) is 0. The molecule has 84 valence electrons. The van der Waals surface area contributed by atoms with Crippen LogP contribution in [0, 0.1) is 0 Å². The van der Waals surface area contributed by atoms with Gasteiger partial charge < -0.3 is 5.11 Å². The topological polar surface area (TPSA) is 20.2 Å². The van der Waals surface area contributed by atoms with Crippen molar-refractivity contribution in [2.45, 2.75) is 12.5 Å². The number of aliphatic hydroxyl groups excluding tert-OH is 1. The zero-order valence-corrected chi connectivity index (χ0v) is 11.5. The summed E-state index contributed by atoms with van der Waals surface area (Å²) >= 11 is 10.9. The Balaban J connectivity index is 2.11. The molecule has 1 aromatic carbocycles. The lowest BCUT2D eigenvalue weighted by Crippen LogP contribution is -2.00. The molecule has 2 rings (SSSR count). The minimum Gasteiger partial charge on any atom is -0.388 e. The highest BCUT2D eigenvalue weighted by Crippen LogP contribution is 2.27. The van der Waals surface area contributed by atoms with E-state index in [1.165, 1.54) is 0 Å². The van der Waals surface area contributed by atoms with Gasteiger partial charge in [-0.15, -0.1) is 11.3 Å². The standard InChI is InChI=1S/C12H10BrClOS/c13-12-5-4-10(16-12)7-11(15)8-2-1-3-9(14)6-8/h1-6,11,15H,7H2. The summed E-state index contributed by atoms with van der Waals surface area (Å²) in [7, 11) is 0. The summed E-state index contributed by atoms with van der Waals surface area (Å²) in [6.07, 6.45) is 0.126. The molecule has 1 N–H and O–H groups in total. The molecule has 1 aromatic heterocycles. The Labute approximate surface area is 112 Å². The molecule has 0 fully saturated rings. The van der Waals surface area contributed by atoms with Gasteiger partial charge in [0.25, 0.3) is 0 Å². The summed E-state index contributed by atoms with van der Waals surface area (Å²) in [5.41, 5.74) is 0.858. The van der Waals surface area contributed by atoms with Crippen molar-refractivity contribution in [2.75, 3.05) is 0 Å². The molecule has 0 aliphatic carbocycles.